The van der Waals surface area contributed by atoms with Crippen LogP contribution in [0.15, 0.2) is 34.6 Å². The van der Waals surface area contributed by atoms with E-state index >= 15 is 0 Å². The Bertz CT molecular complexity index is 1130. The molecule has 0 spiro atoms. The molecule has 1 aliphatic rings. The number of thiophene rings is 1. The van der Waals surface area contributed by atoms with Gasteiger partial charge in [0.05, 0.1) is 5.39 Å². The Morgan fingerprint density at radius 1 is 1.19 bits per heavy atom. The highest BCUT2D eigenvalue weighted by Crippen LogP contribution is 2.40. The van der Waals surface area contributed by atoms with Crippen LogP contribution in [0.25, 0.3) is 15.9 Å². The summed E-state index contributed by atoms with van der Waals surface area (Å²) < 4.78 is 2.11. The zero-order valence-electron chi connectivity index (χ0n) is 14.0. The molecule has 0 amide bonds. The topological polar surface area (TPSA) is 43.1 Å². The highest BCUT2D eigenvalue weighted by Gasteiger charge is 2.24. The first-order chi connectivity index (χ1) is 12.8. The van der Waals surface area contributed by atoms with Crippen molar-refractivity contribution < 1.29 is 0 Å². The zero-order chi connectivity index (χ0) is 17.7. The number of fused-ring (bicyclic) bond motifs is 5. The van der Waals surface area contributed by atoms with E-state index in [1.54, 1.807) is 23.5 Å². The number of benzene rings is 1. The van der Waals surface area contributed by atoms with Gasteiger partial charge in [0, 0.05) is 15.7 Å². The lowest BCUT2D eigenvalue weighted by molar-refractivity contribution is 0.818. The van der Waals surface area contributed by atoms with Gasteiger partial charge in [-0.1, -0.05) is 53.3 Å². The van der Waals surface area contributed by atoms with Gasteiger partial charge >= 0.3 is 0 Å². The molecule has 0 saturated heterocycles. The second-order valence-electron chi connectivity index (χ2n) is 6.16. The van der Waals surface area contributed by atoms with Gasteiger partial charge in [-0.2, -0.15) is 0 Å². The molecule has 4 aromatic rings. The maximum absolute atomic E-state index is 6.30. The largest absolute Gasteiger partial charge is 0.248 e. The highest BCUT2D eigenvalue weighted by molar-refractivity contribution is 7.99. The van der Waals surface area contributed by atoms with Gasteiger partial charge in [0.2, 0.25) is 0 Å². The van der Waals surface area contributed by atoms with Crippen molar-refractivity contribution in [2.24, 2.45) is 0 Å². The molecule has 0 aliphatic heterocycles. The summed E-state index contributed by atoms with van der Waals surface area (Å²) in [6.45, 7) is 0. The Labute approximate surface area is 168 Å². The van der Waals surface area contributed by atoms with E-state index in [1.165, 1.54) is 28.7 Å². The number of aryl methyl sites for hydroxylation is 2. The molecular weight excluding hydrogens is 404 g/mol. The smallest absolute Gasteiger partial charge is 0.198 e. The van der Waals surface area contributed by atoms with Crippen molar-refractivity contribution in [3.05, 3.63) is 45.3 Å². The first kappa shape index (κ1) is 16.9. The molecule has 0 saturated carbocycles. The van der Waals surface area contributed by atoms with Gasteiger partial charge in [-0.05, 0) is 42.7 Å². The first-order valence-electron chi connectivity index (χ1n) is 8.36. The predicted octanol–water partition coefficient (Wildman–Crippen LogP) is 5.50. The van der Waals surface area contributed by atoms with Crippen LogP contribution in [-0.2, 0) is 18.6 Å². The highest BCUT2D eigenvalue weighted by atomic mass is 35.5. The number of hydrogen-bond acceptors (Lipinski definition) is 6. The van der Waals surface area contributed by atoms with Crippen LogP contribution in [0.4, 0.5) is 0 Å². The van der Waals surface area contributed by atoms with Gasteiger partial charge in [-0.25, -0.2) is 9.38 Å². The lowest BCUT2D eigenvalue weighted by atomic mass is 10.2. The zero-order valence-corrected chi connectivity index (χ0v) is 17.2. The predicted molar refractivity (Wildman–Crippen MR) is 111 cm³/mol. The molecule has 1 aromatic carbocycles. The maximum Gasteiger partial charge on any atom is 0.198 e. The number of rotatable bonds is 4. The van der Waals surface area contributed by atoms with Crippen LogP contribution in [0.2, 0.25) is 5.02 Å². The summed E-state index contributed by atoms with van der Waals surface area (Å²) in [4.78, 5) is 7.49. The average molecular weight is 419 g/mol. The molecule has 0 unspecified atom stereocenters. The van der Waals surface area contributed by atoms with E-state index in [4.69, 9.17) is 16.6 Å². The number of thioether (sulfide) groups is 2. The Hall–Kier alpha value is -1.28. The fourth-order valence-corrected chi connectivity index (χ4v) is 6.56. The summed E-state index contributed by atoms with van der Waals surface area (Å²) in [5, 5.41) is 12.8. The Balaban J connectivity index is 1.62. The van der Waals surface area contributed by atoms with Gasteiger partial charge in [0.25, 0.3) is 0 Å². The van der Waals surface area contributed by atoms with E-state index in [0.717, 1.165) is 43.6 Å². The molecule has 3 heterocycles. The standard InChI is InChI=1S/C18H15ClN4S3/c1-24-17-20-16-14(11-6-4-8-13(11)26-16)15-21-22-18(23(15)17)25-9-10-5-2-3-7-12(10)19/h2-3,5,7H,4,6,8-9H2,1H3. The van der Waals surface area contributed by atoms with Crippen molar-refractivity contribution >= 4 is 62.3 Å². The van der Waals surface area contributed by atoms with Crippen LogP contribution in [0.3, 0.4) is 0 Å². The van der Waals surface area contributed by atoms with E-state index in [-0.39, 0.29) is 0 Å². The van der Waals surface area contributed by atoms with Crippen LogP contribution in [0, 0.1) is 0 Å². The third kappa shape index (κ3) is 2.64. The van der Waals surface area contributed by atoms with Crippen molar-refractivity contribution in [2.75, 3.05) is 6.26 Å². The fraction of sp³-hybridized carbons (Fsp3) is 0.278. The van der Waals surface area contributed by atoms with Crippen molar-refractivity contribution in [1.82, 2.24) is 19.6 Å². The van der Waals surface area contributed by atoms with Crippen LogP contribution >= 0.6 is 46.5 Å². The molecule has 8 heteroatoms. The Morgan fingerprint density at radius 2 is 2.08 bits per heavy atom. The summed E-state index contributed by atoms with van der Waals surface area (Å²) in [6, 6.07) is 7.94. The molecule has 0 N–H and O–H groups in total. The molecule has 132 valence electrons. The molecule has 0 bridgehead atoms. The van der Waals surface area contributed by atoms with Crippen LogP contribution in [0.5, 0.6) is 0 Å². The fourth-order valence-electron chi connectivity index (χ4n) is 3.43. The summed E-state index contributed by atoms with van der Waals surface area (Å²) >= 11 is 11.4. The molecule has 5 rings (SSSR count). The molecule has 0 atom stereocenters. The minimum Gasteiger partial charge on any atom is -0.248 e. The van der Waals surface area contributed by atoms with E-state index in [0.29, 0.717) is 0 Å². The Kier molecular flexibility index (Phi) is 4.35. The minimum absolute atomic E-state index is 0.758. The number of aromatic nitrogens is 4. The van der Waals surface area contributed by atoms with Gasteiger partial charge in [-0.15, -0.1) is 21.5 Å². The summed E-state index contributed by atoms with van der Waals surface area (Å²) in [5.41, 5.74) is 3.48. The lowest BCUT2D eigenvalue weighted by Gasteiger charge is -2.06. The monoisotopic (exact) mass is 418 g/mol. The lowest BCUT2D eigenvalue weighted by Crippen LogP contribution is -1.97. The van der Waals surface area contributed by atoms with Crippen molar-refractivity contribution in [2.45, 2.75) is 35.3 Å². The molecule has 1 aliphatic carbocycles. The van der Waals surface area contributed by atoms with E-state index < -0.39 is 0 Å². The van der Waals surface area contributed by atoms with Gasteiger partial charge in [0.1, 0.15) is 4.83 Å². The second kappa shape index (κ2) is 6.71. The molecule has 26 heavy (non-hydrogen) atoms. The summed E-state index contributed by atoms with van der Waals surface area (Å²) in [5.74, 6) is 0.758. The van der Waals surface area contributed by atoms with Crippen LogP contribution in [-0.4, -0.2) is 25.8 Å². The molecular formula is C18H15ClN4S3. The minimum atomic E-state index is 0.758. The Morgan fingerprint density at radius 3 is 2.92 bits per heavy atom. The number of hydrogen-bond donors (Lipinski definition) is 0. The average Bonchev–Trinajstić information content (AvgIpc) is 3.34. The van der Waals surface area contributed by atoms with Crippen molar-refractivity contribution in [1.29, 1.82) is 0 Å². The van der Waals surface area contributed by atoms with E-state index in [2.05, 4.69) is 26.9 Å². The van der Waals surface area contributed by atoms with Crippen LogP contribution in [0.1, 0.15) is 22.4 Å². The summed E-state index contributed by atoms with van der Waals surface area (Å²) in [6.07, 6.45) is 5.58. The van der Waals surface area contributed by atoms with E-state index in [1.807, 2.05) is 29.5 Å². The molecule has 4 nitrogen and oxygen atoms in total. The quantitative estimate of drug-likeness (QED) is 0.323. The van der Waals surface area contributed by atoms with Gasteiger partial charge < -0.3 is 0 Å². The second-order valence-corrected chi connectivity index (χ2v) is 9.36. The third-order valence-electron chi connectivity index (χ3n) is 4.65. The molecule has 3 aromatic heterocycles. The van der Waals surface area contributed by atoms with E-state index in [9.17, 15) is 0 Å². The molecule has 0 fully saturated rings. The summed E-state index contributed by atoms with van der Waals surface area (Å²) in [7, 11) is 0. The number of halogens is 1. The number of nitrogens with zero attached hydrogens (tertiary/aromatic N) is 4. The molecule has 0 radical (unpaired) electrons. The third-order valence-corrected chi connectivity index (χ3v) is 7.82. The van der Waals surface area contributed by atoms with Crippen molar-refractivity contribution in [3.8, 4) is 0 Å². The van der Waals surface area contributed by atoms with Crippen LogP contribution < -0.4 is 0 Å². The van der Waals surface area contributed by atoms with Gasteiger partial charge in [0.15, 0.2) is 16.0 Å². The van der Waals surface area contributed by atoms with Gasteiger partial charge in [-0.3, -0.25) is 0 Å². The van der Waals surface area contributed by atoms with Crippen molar-refractivity contribution in [3.63, 3.8) is 0 Å². The first-order valence-corrected chi connectivity index (χ1v) is 11.8. The SMILES string of the molecule is CSc1nc2sc3c(c2c2nnc(SCc4ccccc4Cl)n12)CCC3. The maximum atomic E-state index is 6.30. The normalized spacial score (nSPS) is 13.8.